The number of aryl methyl sites for hydroxylation is 2. The van der Waals surface area contributed by atoms with Gasteiger partial charge in [-0.3, -0.25) is 4.98 Å². The second-order valence-corrected chi connectivity index (χ2v) is 6.21. The molecule has 1 fully saturated rings. The van der Waals surface area contributed by atoms with Gasteiger partial charge in [-0.05, 0) is 44.9 Å². The summed E-state index contributed by atoms with van der Waals surface area (Å²) in [6.45, 7) is 8.33. The molecule has 21 heavy (non-hydrogen) atoms. The van der Waals surface area contributed by atoms with Gasteiger partial charge in [-0.25, -0.2) is 0 Å². The molecule has 5 heteroatoms. The molecule has 0 aliphatic heterocycles. The Morgan fingerprint density at radius 1 is 1.33 bits per heavy atom. The predicted octanol–water partition coefficient (Wildman–Crippen LogP) is 3.00. The molecule has 1 heterocycles. The summed E-state index contributed by atoms with van der Waals surface area (Å²) in [5.41, 5.74) is 7.96. The van der Waals surface area contributed by atoms with Gasteiger partial charge in [-0.15, -0.1) is 0 Å². The van der Waals surface area contributed by atoms with Crippen LogP contribution in [0.2, 0.25) is 0 Å². The maximum atomic E-state index is 8.97. The van der Waals surface area contributed by atoms with Crippen molar-refractivity contribution < 1.29 is 9.94 Å². The van der Waals surface area contributed by atoms with Crippen molar-refractivity contribution in [2.45, 2.75) is 53.1 Å². The minimum Gasteiger partial charge on any atom is -0.490 e. The lowest BCUT2D eigenvalue weighted by atomic mass is 9.80. The molecule has 1 aromatic rings. The third kappa shape index (κ3) is 3.46. The van der Waals surface area contributed by atoms with Crippen LogP contribution in [-0.2, 0) is 0 Å². The van der Waals surface area contributed by atoms with E-state index in [1.54, 1.807) is 0 Å². The van der Waals surface area contributed by atoms with E-state index in [1.807, 2.05) is 19.9 Å². The summed E-state index contributed by atoms with van der Waals surface area (Å²) < 4.78 is 6.18. The molecule has 0 bridgehead atoms. The number of pyridine rings is 1. The van der Waals surface area contributed by atoms with E-state index in [9.17, 15) is 0 Å². The molecule has 0 aromatic carbocycles. The van der Waals surface area contributed by atoms with E-state index in [2.05, 4.69) is 24.0 Å². The van der Waals surface area contributed by atoms with Crippen LogP contribution in [0.4, 0.5) is 0 Å². The molecule has 2 rings (SSSR count). The third-order valence-corrected chi connectivity index (χ3v) is 4.50. The molecule has 3 atom stereocenters. The van der Waals surface area contributed by atoms with Crippen molar-refractivity contribution in [2.24, 2.45) is 22.7 Å². The SMILES string of the molecule is Cc1cc(OC2CCC(C)C(C)C2)c(/C(N)=N/O)c(C)n1. The first-order valence-electron chi connectivity index (χ1n) is 7.55. The van der Waals surface area contributed by atoms with Crippen LogP contribution < -0.4 is 10.5 Å². The minimum absolute atomic E-state index is 0.0484. The number of oxime groups is 1. The quantitative estimate of drug-likeness (QED) is 0.388. The maximum Gasteiger partial charge on any atom is 0.175 e. The minimum atomic E-state index is 0.0484. The van der Waals surface area contributed by atoms with E-state index in [-0.39, 0.29) is 11.9 Å². The average Bonchev–Trinajstić information content (AvgIpc) is 2.41. The van der Waals surface area contributed by atoms with Gasteiger partial charge in [-0.2, -0.15) is 0 Å². The van der Waals surface area contributed by atoms with Gasteiger partial charge in [0.05, 0.1) is 17.4 Å². The van der Waals surface area contributed by atoms with Crippen molar-refractivity contribution in [2.75, 3.05) is 0 Å². The van der Waals surface area contributed by atoms with Gasteiger partial charge in [0.25, 0.3) is 0 Å². The van der Waals surface area contributed by atoms with Gasteiger partial charge in [0.15, 0.2) is 5.84 Å². The van der Waals surface area contributed by atoms with Crippen molar-refractivity contribution in [3.8, 4) is 5.75 Å². The maximum absolute atomic E-state index is 8.97. The molecule has 116 valence electrons. The summed E-state index contributed by atoms with van der Waals surface area (Å²) in [7, 11) is 0. The van der Waals surface area contributed by atoms with Crippen molar-refractivity contribution in [3.05, 3.63) is 23.0 Å². The fourth-order valence-electron chi connectivity index (χ4n) is 3.03. The van der Waals surface area contributed by atoms with Gasteiger partial charge in [0.2, 0.25) is 0 Å². The van der Waals surface area contributed by atoms with Crippen molar-refractivity contribution in [1.29, 1.82) is 0 Å². The number of aromatic nitrogens is 1. The fraction of sp³-hybridized carbons (Fsp3) is 0.625. The number of ether oxygens (including phenoxy) is 1. The van der Waals surface area contributed by atoms with Gasteiger partial charge in [0.1, 0.15) is 5.75 Å². The van der Waals surface area contributed by atoms with E-state index in [4.69, 9.17) is 15.7 Å². The Morgan fingerprint density at radius 2 is 2.05 bits per heavy atom. The monoisotopic (exact) mass is 291 g/mol. The van der Waals surface area contributed by atoms with Crippen LogP contribution in [-0.4, -0.2) is 22.1 Å². The van der Waals surface area contributed by atoms with E-state index in [0.717, 1.165) is 30.1 Å². The second-order valence-electron chi connectivity index (χ2n) is 6.21. The number of rotatable bonds is 3. The number of amidine groups is 1. The molecule has 1 aliphatic rings. The van der Waals surface area contributed by atoms with E-state index >= 15 is 0 Å². The van der Waals surface area contributed by atoms with Crippen LogP contribution in [0.5, 0.6) is 5.75 Å². The summed E-state index contributed by atoms with van der Waals surface area (Å²) in [6.07, 6.45) is 3.44. The smallest absolute Gasteiger partial charge is 0.175 e. The van der Waals surface area contributed by atoms with E-state index in [1.165, 1.54) is 6.42 Å². The zero-order valence-electron chi connectivity index (χ0n) is 13.3. The molecule has 0 amide bonds. The topological polar surface area (TPSA) is 80.7 Å². The molecule has 1 saturated carbocycles. The highest BCUT2D eigenvalue weighted by atomic mass is 16.5. The van der Waals surface area contributed by atoms with Crippen LogP contribution in [0, 0.1) is 25.7 Å². The van der Waals surface area contributed by atoms with Crippen LogP contribution in [0.3, 0.4) is 0 Å². The van der Waals surface area contributed by atoms with Crippen LogP contribution in [0.15, 0.2) is 11.2 Å². The Kier molecular flexibility index (Phi) is 4.70. The number of hydrogen-bond acceptors (Lipinski definition) is 4. The summed E-state index contributed by atoms with van der Waals surface area (Å²) >= 11 is 0. The summed E-state index contributed by atoms with van der Waals surface area (Å²) in [5, 5.41) is 12.1. The van der Waals surface area contributed by atoms with Crippen LogP contribution >= 0.6 is 0 Å². The lowest BCUT2D eigenvalue weighted by Gasteiger charge is -2.32. The number of hydrogen-bond donors (Lipinski definition) is 2. The van der Waals surface area contributed by atoms with Gasteiger partial charge in [0, 0.05) is 11.8 Å². The van der Waals surface area contributed by atoms with Crippen molar-refractivity contribution in [3.63, 3.8) is 0 Å². The molecular formula is C16H25N3O2. The number of nitrogens with zero attached hydrogens (tertiary/aromatic N) is 2. The zero-order valence-corrected chi connectivity index (χ0v) is 13.3. The molecule has 3 N–H and O–H groups in total. The van der Waals surface area contributed by atoms with E-state index in [0.29, 0.717) is 17.2 Å². The fourth-order valence-corrected chi connectivity index (χ4v) is 3.03. The van der Waals surface area contributed by atoms with Crippen LogP contribution in [0.1, 0.15) is 50.1 Å². The Labute approximate surface area is 126 Å². The van der Waals surface area contributed by atoms with Gasteiger partial charge in [-0.1, -0.05) is 19.0 Å². The Balaban J connectivity index is 2.27. The molecule has 1 aliphatic carbocycles. The van der Waals surface area contributed by atoms with Crippen LogP contribution in [0.25, 0.3) is 0 Å². The highest BCUT2D eigenvalue weighted by Crippen LogP contribution is 2.33. The van der Waals surface area contributed by atoms with E-state index < -0.39 is 0 Å². The highest BCUT2D eigenvalue weighted by molar-refractivity contribution is 6.00. The molecule has 1 aromatic heterocycles. The first kappa shape index (κ1) is 15.6. The highest BCUT2D eigenvalue weighted by Gasteiger charge is 2.27. The zero-order chi connectivity index (χ0) is 15.6. The molecule has 0 saturated heterocycles. The second kappa shape index (κ2) is 6.33. The predicted molar refractivity (Wildman–Crippen MR) is 82.8 cm³/mol. The summed E-state index contributed by atoms with van der Waals surface area (Å²) in [6, 6.07) is 1.86. The lowest BCUT2D eigenvalue weighted by molar-refractivity contribution is 0.100. The van der Waals surface area contributed by atoms with Gasteiger partial charge < -0.3 is 15.7 Å². The molecule has 0 spiro atoms. The normalized spacial score (nSPS) is 26.7. The first-order valence-corrected chi connectivity index (χ1v) is 7.55. The van der Waals surface area contributed by atoms with Gasteiger partial charge >= 0.3 is 0 Å². The lowest BCUT2D eigenvalue weighted by Crippen LogP contribution is -2.30. The number of nitrogens with two attached hydrogens (primary N) is 1. The molecule has 0 radical (unpaired) electrons. The summed E-state index contributed by atoms with van der Waals surface area (Å²) in [4.78, 5) is 4.37. The summed E-state index contributed by atoms with van der Waals surface area (Å²) in [5.74, 6) is 2.11. The van der Waals surface area contributed by atoms with Crippen molar-refractivity contribution >= 4 is 5.84 Å². The Hall–Kier alpha value is -1.78. The first-order chi connectivity index (χ1) is 9.92. The van der Waals surface area contributed by atoms with Crippen molar-refractivity contribution in [1.82, 2.24) is 4.98 Å². The average molecular weight is 291 g/mol. The molecule has 3 unspecified atom stereocenters. The largest absolute Gasteiger partial charge is 0.490 e. The molecule has 5 nitrogen and oxygen atoms in total. The molecular weight excluding hydrogens is 266 g/mol. The Bertz CT molecular complexity index is 543. The third-order valence-electron chi connectivity index (χ3n) is 4.50. The Morgan fingerprint density at radius 3 is 2.67 bits per heavy atom. The standard InChI is InChI=1S/C16H25N3O2/c1-9-5-6-13(7-10(9)2)21-14-8-11(3)18-12(4)15(14)16(17)19-20/h8-10,13,20H,5-7H2,1-4H3,(H2,17,19).